The lowest BCUT2D eigenvalue weighted by Gasteiger charge is -2.50. The summed E-state index contributed by atoms with van der Waals surface area (Å²) in [6.45, 7) is 1.33. The van der Waals surface area contributed by atoms with Gasteiger partial charge in [-0.3, -0.25) is 0 Å². The molecule has 11 rings (SSSR count). The minimum absolute atomic E-state index is 0.0594. The maximum absolute atomic E-state index is 7.77. The first-order valence-corrected chi connectivity index (χ1v) is 30.3. The first-order chi connectivity index (χ1) is 44.0. The van der Waals surface area contributed by atoms with Crippen molar-refractivity contribution in [2.24, 2.45) is 0 Å². The maximum Gasteiger partial charge on any atom is 0.187 e. The third-order valence-electron chi connectivity index (χ3n) is 16.2. The molecule has 10 atom stereocenters. The Bertz CT molecular complexity index is 3380. The van der Waals surface area contributed by atoms with Crippen molar-refractivity contribution in [2.45, 2.75) is 107 Å². The second-order valence-corrected chi connectivity index (χ2v) is 22.0. The van der Waals surface area contributed by atoms with Crippen LogP contribution in [0.25, 0.3) is 0 Å². The highest BCUT2D eigenvalue weighted by molar-refractivity contribution is 5.50. The van der Waals surface area contributed by atoms with E-state index in [4.69, 9.17) is 61.6 Å². The molecule has 0 amide bonds. The molecule has 0 N–H and O–H groups in total. The smallest absolute Gasteiger partial charge is 0.187 e. The van der Waals surface area contributed by atoms with Crippen LogP contribution in [0.3, 0.4) is 0 Å². The largest absolute Gasteiger partial charge is 0.497 e. The average molecular weight is 1200 g/mol. The van der Waals surface area contributed by atoms with E-state index in [0.29, 0.717) is 18.1 Å². The average Bonchev–Trinajstić information content (AvgIpc) is 1.04. The van der Waals surface area contributed by atoms with Gasteiger partial charge in [0, 0.05) is 7.11 Å². The van der Waals surface area contributed by atoms with Crippen molar-refractivity contribution in [1.82, 2.24) is 0 Å². The highest BCUT2D eigenvalue weighted by Crippen LogP contribution is 2.44. The molecular weight excluding hydrogens is 1120 g/mol. The van der Waals surface area contributed by atoms with Gasteiger partial charge in [0.2, 0.25) is 0 Å². The molecule has 2 heterocycles. The van der Waals surface area contributed by atoms with Crippen LogP contribution in [0.4, 0.5) is 0 Å². The predicted octanol–water partition coefficient (Wildman–Crippen LogP) is 13.6. The normalized spacial score (nSPS) is 21.9. The summed E-state index contributed by atoms with van der Waals surface area (Å²) in [5.41, 5.74) is 7.03. The van der Waals surface area contributed by atoms with Gasteiger partial charge in [-0.2, -0.15) is 0 Å². The van der Waals surface area contributed by atoms with Gasteiger partial charge in [0.1, 0.15) is 65.9 Å². The number of rotatable bonds is 30. The molecule has 13 heteroatoms. The molecule has 2 aliphatic rings. The number of hydrogen-bond acceptors (Lipinski definition) is 13. The fourth-order valence-corrected chi connectivity index (χ4v) is 11.6. The van der Waals surface area contributed by atoms with Crippen LogP contribution in [0.5, 0.6) is 11.5 Å². The van der Waals surface area contributed by atoms with Gasteiger partial charge < -0.3 is 61.6 Å². The van der Waals surface area contributed by atoms with E-state index in [0.717, 1.165) is 50.1 Å². The first kappa shape index (κ1) is 62.7. The van der Waals surface area contributed by atoms with Gasteiger partial charge in [0.05, 0.1) is 67.1 Å². The van der Waals surface area contributed by atoms with Gasteiger partial charge in [-0.25, -0.2) is 0 Å². The molecule has 0 unspecified atom stereocenters. The zero-order valence-corrected chi connectivity index (χ0v) is 50.6. The molecule has 13 nitrogen and oxygen atoms in total. The van der Waals surface area contributed by atoms with Crippen molar-refractivity contribution in [3.8, 4) is 11.5 Å². The molecule has 0 spiro atoms. The fourth-order valence-electron chi connectivity index (χ4n) is 11.6. The molecule has 2 fully saturated rings. The Hall–Kier alpha value is -7.86. The molecule has 9 aromatic carbocycles. The summed E-state index contributed by atoms with van der Waals surface area (Å²) in [5.74, 6) is 1.39. The van der Waals surface area contributed by atoms with Gasteiger partial charge in [-0.1, -0.05) is 237 Å². The van der Waals surface area contributed by atoms with E-state index in [1.54, 1.807) is 21.3 Å². The molecule has 89 heavy (non-hydrogen) atoms. The van der Waals surface area contributed by atoms with E-state index in [-0.39, 0.29) is 46.2 Å². The topological polar surface area (TPSA) is 120 Å². The molecule has 0 radical (unpaired) electrons. The Kier molecular flexibility index (Phi) is 22.6. The lowest BCUT2D eigenvalue weighted by molar-refractivity contribution is -0.376. The summed E-state index contributed by atoms with van der Waals surface area (Å²) < 4.78 is 90.6. The summed E-state index contributed by atoms with van der Waals surface area (Å²) in [4.78, 5) is 0. The summed E-state index contributed by atoms with van der Waals surface area (Å²) in [7, 11) is 4.93. The summed E-state index contributed by atoms with van der Waals surface area (Å²) in [5, 5.41) is 0. The van der Waals surface area contributed by atoms with Crippen LogP contribution in [-0.2, 0) is 97.3 Å². The van der Waals surface area contributed by atoms with Crippen molar-refractivity contribution in [2.75, 3.05) is 34.5 Å². The summed E-state index contributed by atoms with van der Waals surface area (Å²) in [6, 6.07) is 86.4. The molecule has 0 bridgehead atoms. The second-order valence-electron chi connectivity index (χ2n) is 22.0. The van der Waals surface area contributed by atoms with Crippen molar-refractivity contribution in [3.05, 3.63) is 311 Å². The Morgan fingerprint density at radius 3 is 1.01 bits per heavy atom. The third-order valence-corrected chi connectivity index (χ3v) is 16.2. The minimum Gasteiger partial charge on any atom is -0.497 e. The van der Waals surface area contributed by atoms with Crippen LogP contribution < -0.4 is 9.47 Å². The lowest BCUT2D eigenvalue weighted by Crippen LogP contribution is -2.66. The molecule has 9 aromatic rings. The Morgan fingerprint density at radius 1 is 0.303 bits per heavy atom. The molecular formula is C76H78O13. The van der Waals surface area contributed by atoms with Crippen LogP contribution in [-0.4, -0.2) is 96.0 Å². The monoisotopic (exact) mass is 1200 g/mol. The Labute approximate surface area is 522 Å². The fraction of sp³-hybridized carbons (Fsp3) is 0.289. The van der Waals surface area contributed by atoms with Crippen molar-refractivity contribution >= 4 is 0 Å². The van der Waals surface area contributed by atoms with E-state index in [1.165, 1.54) is 0 Å². The minimum atomic E-state index is -1.25. The standard InChI is InChI=1S/C76H78O13/c1-77-64-43-39-62(40-44-64)76(61-37-23-10-24-38-61,63-41-45-65(78-2)46-42-63)86-54-67-68(81-48-56-27-13-5-14-28-56)70(82-49-57-29-15-6-16-30-57)73(85-52-60-35-21-9-22-36-60)75(88-67)89-69-66(53-80-47-55-25-11-4-12-26-55)87-74(79-3)72(84-51-59-33-19-8-20-34-59)71(69)83-50-58-31-17-7-18-32-58/h4-46,66-75H,47-54H2,1-3H3/t66-,67-,68-,69-,70+,71+,72-,73-,74+,75-/m1/s1. The predicted molar refractivity (Wildman–Crippen MR) is 339 cm³/mol. The first-order valence-electron chi connectivity index (χ1n) is 30.3. The third kappa shape index (κ3) is 16.3. The van der Waals surface area contributed by atoms with Gasteiger partial charge in [0.25, 0.3) is 0 Å². The van der Waals surface area contributed by atoms with E-state index in [9.17, 15) is 0 Å². The molecule has 2 aliphatic heterocycles. The molecule has 0 aliphatic carbocycles. The number of methoxy groups -OCH3 is 3. The quantitative estimate of drug-likeness (QED) is 0.0398. The Balaban J connectivity index is 1.06. The highest BCUT2D eigenvalue weighted by atomic mass is 16.8. The van der Waals surface area contributed by atoms with Gasteiger partial charge >= 0.3 is 0 Å². The van der Waals surface area contributed by atoms with Crippen molar-refractivity contribution in [3.63, 3.8) is 0 Å². The number of benzene rings is 9. The van der Waals surface area contributed by atoms with Crippen molar-refractivity contribution in [1.29, 1.82) is 0 Å². The zero-order valence-electron chi connectivity index (χ0n) is 50.6. The Morgan fingerprint density at radius 2 is 0.618 bits per heavy atom. The van der Waals surface area contributed by atoms with E-state index >= 15 is 0 Å². The van der Waals surface area contributed by atoms with Crippen LogP contribution in [0, 0.1) is 0 Å². The van der Waals surface area contributed by atoms with Crippen LogP contribution in [0.15, 0.2) is 261 Å². The van der Waals surface area contributed by atoms with E-state index in [1.807, 2.05) is 249 Å². The van der Waals surface area contributed by atoms with Crippen LogP contribution in [0.1, 0.15) is 50.1 Å². The number of hydrogen-bond donors (Lipinski definition) is 0. The second kappa shape index (κ2) is 32.1. The van der Waals surface area contributed by atoms with Crippen LogP contribution >= 0.6 is 0 Å². The molecule has 0 saturated carbocycles. The lowest BCUT2D eigenvalue weighted by atomic mass is 9.80. The zero-order chi connectivity index (χ0) is 60.9. The van der Waals surface area contributed by atoms with Crippen LogP contribution in [0.2, 0.25) is 0 Å². The van der Waals surface area contributed by atoms with Gasteiger partial charge in [-0.05, 0) is 74.3 Å². The molecule has 2 saturated heterocycles. The van der Waals surface area contributed by atoms with Crippen molar-refractivity contribution < 1.29 is 61.6 Å². The summed E-state index contributed by atoms with van der Waals surface area (Å²) in [6.07, 6.45) is -9.22. The van der Waals surface area contributed by atoms with E-state index in [2.05, 4.69) is 12.1 Å². The van der Waals surface area contributed by atoms with E-state index < -0.39 is 67.0 Å². The van der Waals surface area contributed by atoms with Gasteiger partial charge in [0.15, 0.2) is 12.6 Å². The SMILES string of the molecule is COc1ccc(C(OC[C@H]2O[C@H](O[C@H]3[C@H](OCc4ccccc4)[C@@H](OCc4ccccc4)[C@@H](OC)O[C@@H]3COCc3ccccc3)[C@H](OCc3ccccc3)[C@@H](OCc3ccccc3)[C@@H]2OCc2ccccc2)(c2ccccc2)c2ccc(OC)cc2)cc1. The molecule has 0 aromatic heterocycles. The highest BCUT2D eigenvalue weighted by Gasteiger charge is 2.55. The maximum atomic E-state index is 7.77. The summed E-state index contributed by atoms with van der Waals surface area (Å²) >= 11 is 0. The molecule has 460 valence electrons. The number of ether oxygens (including phenoxy) is 13. The van der Waals surface area contributed by atoms with Gasteiger partial charge in [-0.15, -0.1) is 0 Å².